The minimum absolute atomic E-state index is 0.0698. The first kappa shape index (κ1) is 22.8. The fraction of sp³-hybridized carbons (Fsp3) is 0.333. The number of piperazine rings is 1. The Labute approximate surface area is 199 Å². The van der Waals surface area contributed by atoms with E-state index in [2.05, 4.69) is 9.89 Å². The van der Waals surface area contributed by atoms with Gasteiger partial charge < -0.3 is 24.2 Å². The molecular formula is C24H24FN5O5. The van der Waals surface area contributed by atoms with E-state index >= 15 is 4.39 Å². The maximum Gasteiger partial charge on any atom is 0.339 e. The number of nitro groups is 1. The smallest absolute Gasteiger partial charge is 0.339 e. The summed E-state index contributed by atoms with van der Waals surface area (Å²) in [6, 6.07) is 6.57. The molecule has 0 spiro atoms. The van der Waals surface area contributed by atoms with Crippen molar-refractivity contribution in [2.45, 2.75) is 13.0 Å². The molecule has 3 heterocycles. The molecule has 0 amide bonds. The van der Waals surface area contributed by atoms with E-state index in [1.807, 2.05) is 23.4 Å². The van der Waals surface area contributed by atoms with Gasteiger partial charge in [-0.2, -0.15) is 0 Å². The quantitative estimate of drug-likeness (QED) is 0.449. The highest BCUT2D eigenvalue weighted by molar-refractivity contribution is 5.97. The van der Waals surface area contributed by atoms with Gasteiger partial charge in [-0.25, -0.2) is 14.2 Å². The summed E-state index contributed by atoms with van der Waals surface area (Å²) in [7, 11) is 2.02. The van der Waals surface area contributed by atoms with Crippen molar-refractivity contribution in [2.75, 3.05) is 44.7 Å². The lowest BCUT2D eigenvalue weighted by molar-refractivity contribution is -0.384. The molecule has 1 atom stereocenters. The minimum Gasteiger partial charge on any atom is -0.487 e. The molecule has 2 aromatic carbocycles. The van der Waals surface area contributed by atoms with Gasteiger partial charge in [0.15, 0.2) is 11.6 Å². The van der Waals surface area contributed by atoms with E-state index in [-0.39, 0.29) is 29.3 Å². The first-order chi connectivity index (χ1) is 16.7. The van der Waals surface area contributed by atoms with Gasteiger partial charge in [0.2, 0.25) is 0 Å². The Balaban J connectivity index is 1.79. The van der Waals surface area contributed by atoms with Crippen molar-refractivity contribution in [2.24, 2.45) is 4.99 Å². The van der Waals surface area contributed by atoms with Crippen LogP contribution in [0.4, 0.5) is 21.5 Å². The van der Waals surface area contributed by atoms with E-state index in [0.29, 0.717) is 41.1 Å². The van der Waals surface area contributed by atoms with Crippen LogP contribution in [0.1, 0.15) is 23.3 Å². The number of carboxylic acid groups (broad SMARTS) is 1. The molecule has 182 valence electrons. The van der Waals surface area contributed by atoms with Crippen molar-refractivity contribution in [1.29, 1.82) is 0 Å². The molecule has 0 radical (unpaired) electrons. The number of nitro benzene ring substituents is 1. The Morgan fingerprint density at radius 1 is 1.23 bits per heavy atom. The zero-order valence-corrected chi connectivity index (χ0v) is 19.3. The Bertz CT molecular complexity index is 1410. The third-order valence-electron chi connectivity index (χ3n) is 6.51. The third kappa shape index (κ3) is 3.97. The second kappa shape index (κ2) is 8.66. The maximum absolute atomic E-state index is 15.7. The number of anilines is 1. The second-order valence-corrected chi connectivity index (χ2v) is 8.87. The monoisotopic (exact) mass is 481 g/mol. The van der Waals surface area contributed by atoms with Gasteiger partial charge in [0, 0.05) is 49.9 Å². The predicted molar refractivity (Wildman–Crippen MR) is 127 cm³/mol. The predicted octanol–water partition coefficient (Wildman–Crippen LogP) is 3.32. The molecule has 0 saturated carbocycles. The van der Waals surface area contributed by atoms with Crippen LogP contribution in [0, 0.1) is 15.9 Å². The van der Waals surface area contributed by atoms with Gasteiger partial charge in [-0.05, 0) is 32.2 Å². The lowest BCUT2D eigenvalue weighted by Crippen LogP contribution is -2.45. The van der Waals surface area contributed by atoms with Crippen LogP contribution in [0.25, 0.3) is 10.9 Å². The van der Waals surface area contributed by atoms with E-state index in [1.165, 1.54) is 36.5 Å². The van der Waals surface area contributed by atoms with Crippen LogP contribution >= 0.6 is 0 Å². The number of ether oxygens (including phenoxy) is 1. The molecule has 2 aliphatic heterocycles. The summed E-state index contributed by atoms with van der Waals surface area (Å²) in [6.07, 6.45) is 1.51. The standard InChI is InChI=1S/C24H24FN5O5/c1-14-13-35-23-21-17(11-19(25)22(23)28-9-7-27(2)8-10-28)20(18(24(31)32)12-29(14)21)26-15-3-5-16(6-4-15)30(33)34/h3-6,11-12,14H,7-10,13H2,1-2H3,(H,31,32). The van der Waals surface area contributed by atoms with E-state index in [0.717, 1.165) is 13.1 Å². The zero-order valence-electron chi connectivity index (χ0n) is 19.3. The summed E-state index contributed by atoms with van der Waals surface area (Å²) in [5, 5.41) is 21.3. The number of rotatable bonds is 4. The average Bonchev–Trinajstić information content (AvgIpc) is 2.83. The number of aromatic carboxylic acids is 1. The molecule has 35 heavy (non-hydrogen) atoms. The first-order valence-electron chi connectivity index (χ1n) is 11.2. The van der Waals surface area contributed by atoms with Crippen molar-refractivity contribution in [3.63, 3.8) is 0 Å². The number of halogens is 1. The van der Waals surface area contributed by atoms with Crippen molar-refractivity contribution in [1.82, 2.24) is 9.47 Å². The van der Waals surface area contributed by atoms with Gasteiger partial charge in [0.1, 0.15) is 17.9 Å². The van der Waals surface area contributed by atoms with Crippen LogP contribution in [0.3, 0.4) is 0 Å². The summed E-state index contributed by atoms with van der Waals surface area (Å²) >= 11 is 0. The molecule has 0 bridgehead atoms. The Morgan fingerprint density at radius 3 is 2.54 bits per heavy atom. The first-order valence-corrected chi connectivity index (χ1v) is 11.2. The highest BCUT2D eigenvalue weighted by Crippen LogP contribution is 2.42. The normalized spacial score (nSPS) is 18.5. The van der Waals surface area contributed by atoms with Crippen LogP contribution in [0.2, 0.25) is 0 Å². The molecule has 5 rings (SSSR count). The molecule has 1 unspecified atom stereocenters. The van der Waals surface area contributed by atoms with E-state index in [4.69, 9.17) is 4.74 Å². The molecule has 2 aliphatic rings. The summed E-state index contributed by atoms with van der Waals surface area (Å²) in [6.45, 7) is 5.02. The van der Waals surface area contributed by atoms with Crippen LogP contribution in [-0.2, 0) is 0 Å². The minimum atomic E-state index is -1.21. The van der Waals surface area contributed by atoms with Crippen molar-refractivity contribution in [3.05, 3.63) is 63.4 Å². The fourth-order valence-corrected chi connectivity index (χ4v) is 4.60. The molecule has 1 aromatic heterocycles. The van der Waals surface area contributed by atoms with E-state index < -0.39 is 16.7 Å². The number of pyridine rings is 1. The van der Waals surface area contributed by atoms with Crippen molar-refractivity contribution >= 4 is 33.9 Å². The van der Waals surface area contributed by atoms with Gasteiger partial charge in [-0.3, -0.25) is 10.1 Å². The van der Waals surface area contributed by atoms with E-state index in [9.17, 15) is 20.0 Å². The van der Waals surface area contributed by atoms with Gasteiger partial charge in [0.05, 0.1) is 27.5 Å². The topological polar surface area (TPSA) is 113 Å². The highest BCUT2D eigenvalue weighted by Gasteiger charge is 2.30. The molecule has 0 aliphatic carbocycles. The SMILES string of the molecule is CC1COc2c(N3CCN(C)CC3)c(F)cc3c(=Nc4ccc([N+](=O)[O-])cc4)c(C(=O)O)cn1c23. The molecule has 1 N–H and O–H groups in total. The summed E-state index contributed by atoms with van der Waals surface area (Å²) in [5.41, 5.74) is 1.05. The van der Waals surface area contributed by atoms with Crippen LogP contribution in [-0.4, -0.2) is 65.3 Å². The molecule has 10 nitrogen and oxygen atoms in total. The third-order valence-corrected chi connectivity index (χ3v) is 6.51. The summed E-state index contributed by atoms with van der Waals surface area (Å²) in [4.78, 5) is 31.3. The van der Waals surface area contributed by atoms with E-state index in [1.54, 1.807) is 0 Å². The Kier molecular flexibility index (Phi) is 5.64. The van der Waals surface area contributed by atoms with Crippen molar-refractivity contribution in [3.8, 4) is 5.75 Å². The molecule has 1 saturated heterocycles. The number of benzene rings is 2. The van der Waals surface area contributed by atoms with Crippen LogP contribution in [0.15, 0.2) is 41.5 Å². The number of hydrogen-bond donors (Lipinski definition) is 1. The highest BCUT2D eigenvalue weighted by atomic mass is 19.1. The molecular weight excluding hydrogens is 457 g/mol. The van der Waals surface area contributed by atoms with Crippen LogP contribution < -0.4 is 15.0 Å². The molecule has 3 aromatic rings. The maximum atomic E-state index is 15.7. The number of likely N-dealkylation sites (N-methyl/N-ethyl adjacent to an activating group) is 1. The Hall–Kier alpha value is -3.99. The largest absolute Gasteiger partial charge is 0.487 e. The lowest BCUT2D eigenvalue weighted by atomic mass is 10.0. The number of hydrogen-bond acceptors (Lipinski definition) is 7. The van der Waals surface area contributed by atoms with Gasteiger partial charge >= 0.3 is 5.97 Å². The number of nitrogens with zero attached hydrogens (tertiary/aromatic N) is 5. The van der Waals surface area contributed by atoms with Crippen LogP contribution in [0.5, 0.6) is 5.75 Å². The summed E-state index contributed by atoms with van der Waals surface area (Å²) < 4.78 is 23.6. The number of carboxylic acids is 1. The summed E-state index contributed by atoms with van der Waals surface area (Å²) in [5.74, 6) is -1.35. The fourth-order valence-electron chi connectivity index (χ4n) is 4.60. The molecule has 11 heteroatoms. The Morgan fingerprint density at radius 2 is 1.91 bits per heavy atom. The van der Waals surface area contributed by atoms with Gasteiger partial charge in [-0.15, -0.1) is 0 Å². The average molecular weight is 481 g/mol. The molecule has 1 fully saturated rings. The lowest BCUT2D eigenvalue weighted by Gasteiger charge is -2.37. The second-order valence-electron chi connectivity index (χ2n) is 8.87. The number of non-ortho nitro benzene ring substituents is 1. The van der Waals surface area contributed by atoms with Crippen molar-refractivity contribution < 1.29 is 24.0 Å². The zero-order chi connectivity index (χ0) is 24.9. The van der Waals surface area contributed by atoms with Gasteiger partial charge in [0.25, 0.3) is 5.69 Å². The number of carbonyl (C=O) groups is 1. The number of aromatic nitrogens is 1. The van der Waals surface area contributed by atoms with Gasteiger partial charge in [-0.1, -0.05) is 0 Å².